The zero-order chi connectivity index (χ0) is 26.1. The first-order chi connectivity index (χ1) is 18.5. The highest BCUT2D eigenvalue weighted by Gasteiger charge is 2.38. The predicted molar refractivity (Wildman–Crippen MR) is 142 cm³/mol. The van der Waals surface area contributed by atoms with Gasteiger partial charge in [-0.2, -0.15) is 0 Å². The second-order valence-corrected chi connectivity index (χ2v) is 10.9. The molecule has 38 heavy (non-hydrogen) atoms. The van der Waals surface area contributed by atoms with Crippen LogP contribution in [0, 0.1) is 5.92 Å². The summed E-state index contributed by atoms with van der Waals surface area (Å²) in [5.41, 5.74) is 3.01. The Hall–Kier alpha value is -3.59. The number of fused-ring (bicyclic) bond motifs is 1. The lowest BCUT2D eigenvalue weighted by atomic mass is 10.0. The summed E-state index contributed by atoms with van der Waals surface area (Å²) >= 11 is 0. The van der Waals surface area contributed by atoms with Gasteiger partial charge in [0, 0.05) is 37.9 Å². The van der Waals surface area contributed by atoms with Crippen molar-refractivity contribution < 1.29 is 19.1 Å². The molecule has 0 unspecified atom stereocenters. The summed E-state index contributed by atoms with van der Waals surface area (Å²) in [4.78, 5) is 44.9. The van der Waals surface area contributed by atoms with Crippen LogP contribution < -0.4 is 10.6 Å². The molecule has 3 heterocycles. The number of ether oxygens (including phenoxy) is 1. The van der Waals surface area contributed by atoms with Crippen molar-refractivity contribution in [1.82, 2.24) is 20.0 Å². The molecule has 200 valence electrons. The zero-order valence-electron chi connectivity index (χ0n) is 21.6. The summed E-state index contributed by atoms with van der Waals surface area (Å²) in [5.74, 6) is 0.477. The van der Waals surface area contributed by atoms with Crippen LogP contribution in [0.2, 0.25) is 0 Å². The number of carbonyl (C=O) groups is 3. The van der Waals surface area contributed by atoms with Gasteiger partial charge in [-0.25, -0.2) is 9.59 Å². The average molecular weight is 518 g/mol. The molecule has 2 aromatic rings. The number of nitrogens with one attached hydrogen (secondary N) is 2. The summed E-state index contributed by atoms with van der Waals surface area (Å²) in [5, 5.41) is 5.95. The summed E-state index contributed by atoms with van der Waals surface area (Å²) in [6, 6.07) is 16.8. The van der Waals surface area contributed by atoms with Crippen molar-refractivity contribution in [3.05, 3.63) is 65.7 Å². The maximum Gasteiger partial charge on any atom is 0.322 e. The fourth-order valence-corrected chi connectivity index (χ4v) is 5.73. The Balaban J connectivity index is 1.06. The molecule has 6 rings (SSSR count). The van der Waals surface area contributed by atoms with Gasteiger partial charge in [0.05, 0.1) is 13.2 Å². The van der Waals surface area contributed by atoms with E-state index in [1.54, 1.807) is 4.90 Å². The molecule has 3 aliphatic heterocycles. The third kappa shape index (κ3) is 5.34. The predicted octanol–water partition coefficient (Wildman–Crippen LogP) is 3.59. The van der Waals surface area contributed by atoms with Gasteiger partial charge in [-0.3, -0.25) is 4.79 Å². The van der Waals surface area contributed by atoms with Crippen molar-refractivity contribution >= 4 is 23.7 Å². The molecule has 0 radical (unpaired) electrons. The SMILES string of the molecule is O=C(N[C@@H]1CO[C@@H](c2ccccc2)CN(CC2CC2)C1=O)N1CCC(N2Cc3ccccc3NC2=O)CC1. The van der Waals surface area contributed by atoms with E-state index in [-0.39, 0.29) is 36.7 Å². The van der Waals surface area contributed by atoms with Gasteiger partial charge >= 0.3 is 12.1 Å². The molecule has 9 heteroatoms. The van der Waals surface area contributed by atoms with Crippen molar-refractivity contribution in [1.29, 1.82) is 0 Å². The topological polar surface area (TPSA) is 94.2 Å². The number of benzene rings is 2. The lowest BCUT2D eigenvalue weighted by molar-refractivity contribution is -0.132. The lowest BCUT2D eigenvalue weighted by Crippen LogP contribution is -2.56. The van der Waals surface area contributed by atoms with Crippen LogP contribution in [0.1, 0.15) is 42.9 Å². The first kappa shape index (κ1) is 24.7. The van der Waals surface area contributed by atoms with Crippen LogP contribution >= 0.6 is 0 Å². The summed E-state index contributed by atoms with van der Waals surface area (Å²) in [6.45, 7) is 2.99. The number of carbonyl (C=O) groups excluding carboxylic acids is 3. The van der Waals surface area contributed by atoms with Crippen LogP contribution in [0.3, 0.4) is 0 Å². The van der Waals surface area contributed by atoms with Crippen LogP contribution in [0.4, 0.5) is 15.3 Å². The van der Waals surface area contributed by atoms with Crippen molar-refractivity contribution in [3.8, 4) is 0 Å². The number of hydrogen-bond donors (Lipinski definition) is 2. The van der Waals surface area contributed by atoms with E-state index in [1.807, 2.05) is 64.4 Å². The van der Waals surface area contributed by atoms with Gasteiger partial charge in [0.15, 0.2) is 0 Å². The number of hydrogen-bond acceptors (Lipinski definition) is 4. The zero-order valence-corrected chi connectivity index (χ0v) is 21.6. The number of piperidine rings is 1. The highest BCUT2D eigenvalue weighted by atomic mass is 16.5. The van der Waals surface area contributed by atoms with Gasteiger partial charge in [-0.1, -0.05) is 48.5 Å². The Bertz CT molecular complexity index is 1180. The molecule has 0 spiro atoms. The first-order valence-electron chi connectivity index (χ1n) is 13.7. The molecule has 2 saturated heterocycles. The number of para-hydroxylation sites is 1. The van der Waals surface area contributed by atoms with Gasteiger partial charge in [-0.15, -0.1) is 0 Å². The molecule has 2 N–H and O–H groups in total. The number of likely N-dealkylation sites (tertiary alicyclic amines) is 1. The summed E-state index contributed by atoms with van der Waals surface area (Å²) in [6.07, 6.45) is 3.47. The largest absolute Gasteiger partial charge is 0.369 e. The summed E-state index contributed by atoms with van der Waals surface area (Å²) in [7, 11) is 0. The Morgan fingerprint density at radius 2 is 1.71 bits per heavy atom. The van der Waals surface area contributed by atoms with E-state index < -0.39 is 6.04 Å². The minimum absolute atomic E-state index is 0.0657. The van der Waals surface area contributed by atoms with Crippen LogP contribution in [0.25, 0.3) is 0 Å². The Labute approximate surface area is 223 Å². The smallest absolute Gasteiger partial charge is 0.322 e. The van der Waals surface area contributed by atoms with Crippen molar-refractivity contribution in [2.75, 3.05) is 38.1 Å². The molecule has 3 fully saturated rings. The standard InChI is InChI=1S/C29H35N5O4/c35-27-25(19-38-26(21-6-2-1-3-7-21)18-33(27)16-20-10-11-20)31-28(36)32-14-12-23(13-15-32)34-17-22-8-4-5-9-24(22)30-29(34)37/h1-9,20,23,25-26H,10-19H2,(H,30,37)(H,31,36)/t25-,26-/m1/s1. The van der Waals surface area contributed by atoms with Crippen molar-refractivity contribution in [2.45, 2.75) is 50.4 Å². The minimum atomic E-state index is -0.711. The fraction of sp³-hybridized carbons (Fsp3) is 0.483. The van der Waals surface area contributed by atoms with E-state index in [0.29, 0.717) is 51.5 Å². The maximum atomic E-state index is 13.5. The van der Waals surface area contributed by atoms with Crippen LogP contribution in [-0.2, 0) is 16.1 Å². The van der Waals surface area contributed by atoms with Gasteiger partial charge in [0.1, 0.15) is 12.1 Å². The molecule has 0 bridgehead atoms. The van der Waals surface area contributed by atoms with Gasteiger partial charge in [-0.05, 0) is 48.8 Å². The molecular formula is C29H35N5O4. The van der Waals surface area contributed by atoms with Gasteiger partial charge in [0.25, 0.3) is 0 Å². The highest BCUT2D eigenvalue weighted by molar-refractivity contribution is 5.92. The molecule has 0 aromatic heterocycles. The highest BCUT2D eigenvalue weighted by Crippen LogP contribution is 2.32. The molecule has 1 aliphatic carbocycles. The quantitative estimate of drug-likeness (QED) is 0.634. The van der Waals surface area contributed by atoms with E-state index in [4.69, 9.17) is 4.74 Å². The maximum absolute atomic E-state index is 13.5. The molecule has 5 amide bonds. The monoisotopic (exact) mass is 517 g/mol. The molecule has 2 aromatic carbocycles. The minimum Gasteiger partial charge on any atom is -0.369 e. The van der Waals surface area contributed by atoms with Gasteiger partial charge in [0.2, 0.25) is 5.91 Å². The molecule has 1 saturated carbocycles. The van der Waals surface area contributed by atoms with E-state index in [9.17, 15) is 14.4 Å². The first-order valence-corrected chi connectivity index (χ1v) is 13.7. The van der Waals surface area contributed by atoms with E-state index >= 15 is 0 Å². The average Bonchev–Trinajstić information content (AvgIpc) is 3.79. The number of anilines is 1. The van der Waals surface area contributed by atoms with Crippen LogP contribution in [-0.4, -0.2) is 77.5 Å². The number of nitrogens with zero attached hydrogens (tertiary/aromatic N) is 3. The fourth-order valence-electron chi connectivity index (χ4n) is 5.73. The van der Waals surface area contributed by atoms with Gasteiger partial charge < -0.3 is 30.1 Å². The Morgan fingerprint density at radius 1 is 0.974 bits per heavy atom. The number of amides is 5. The second-order valence-electron chi connectivity index (χ2n) is 10.9. The lowest BCUT2D eigenvalue weighted by Gasteiger charge is -2.40. The third-order valence-corrected chi connectivity index (χ3v) is 8.16. The second kappa shape index (κ2) is 10.6. The normalized spacial score (nSPS) is 24.5. The van der Waals surface area contributed by atoms with E-state index in [0.717, 1.165) is 29.7 Å². The van der Waals surface area contributed by atoms with Crippen molar-refractivity contribution in [2.24, 2.45) is 5.92 Å². The Kier molecular flexibility index (Phi) is 6.93. The van der Waals surface area contributed by atoms with Crippen LogP contribution in [0.5, 0.6) is 0 Å². The van der Waals surface area contributed by atoms with E-state index in [2.05, 4.69) is 10.6 Å². The molecule has 4 aliphatic rings. The third-order valence-electron chi connectivity index (χ3n) is 8.16. The molecular weight excluding hydrogens is 482 g/mol. The Morgan fingerprint density at radius 3 is 2.47 bits per heavy atom. The summed E-state index contributed by atoms with van der Waals surface area (Å²) < 4.78 is 6.18. The van der Waals surface area contributed by atoms with Crippen LogP contribution in [0.15, 0.2) is 54.6 Å². The van der Waals surface area contributed by atoms with Crippen molar-refractivity contribution in [3.63, 3.8) is 0 Å². The number of rotatable bonds is 5. The molecule has 2 atom stereocenters. The number of urea groups is 2. The molecule has 9 nitrogen and oxygen atoms in total. The van der Waals surface area contributed by atoms with E-state index in [1.165, 1.54) is 0 Å².